The number of fused-ring (bicyclic) bond motifs is 6. The van der Waals surface area contributed by atoms with E-state index in [-0.39, 0.29) is 30.7 Å². The second kappa shape index (κ2) is 15.9. The van der Waals surface area contributed by atoms with Gasteiger partial charge in [0.05, 0.1) is 56.2 Å². The van der Waals surface area contributed by atoms with E-state index in [0.717, 1.165) is 77.3 Å². The molecule has 4 aromatic rings. The molecule has 5 heterocycles. The van der Waals surface area contributed by atoms with E-state index >= 15 is 0 Å². The van der Waals surface area contributed by atoms with Crippen molar-refractivity contribution >= 4 is 18.1 Å². The van der Waals surface area contributed by atoms with Crippen molar-refractivity contribution in [3.63, 3.8) is 0 Å². The second-order valence-corrected chi connectivity index (χ2v) is 15.0. The van der Waals surface area contributed by atoms with Crippen LogP contribution in [0.15, 0.2) is 54.9 Å². The molecule has 0 spiro atoms. The van der Waals surface area contributed by atoms with Crippen LogP contribution >= 0.6 is 0 Å². The molecule has 0 unspecified atom stereocenters. The van der Waals surface area contributed by atoms with Gasteiger partial charge in [-0.15, -0.1) is 0 Å². The second-order valence-electron chi connectivity index (χ2n) is 15.0. The van der Waals surface area contributed by atoms with Crippen LogP contribution in [-0.2, 0) is 19.0 Å². The molecular formula is C40H49N7O7. The maximum absolute atomic E-state index is 13.7. The van der Waals surface area contributed by atoms with E-state index in [9.17, 15) is 14.4 Å². The van der Waals surface area contributed by atoms with Crippen molar-refractivity contribution in [3.8, 4) is 39.4 Å². The number of hydrogen-bond acceptors (Lipinski definition) is 9. The van der Waals surface area contributed by atoms with Gasteiger partial charge in [0.1, 0.15) is 29.0 Å². The Morgan fingerprint density at radius 2 is 1.52 bits per heavy atom. The Balaban J connectivity index is 1.10. The summed E-state index contributed by atoms with van der Waals surface area (Å²) in [5, 5.41) is 2.65. The number of amides is 3. The van der Waals surface area contributed by atoms with Crippen LogP contribution in [0.25, 0.3) is 33.6 Å². The standard InChI is InChI=1S/C40H49N7O7/c1-40(2,3)54-39(50)47-18-8-10-33(47)36-41-22-29(43-36)26-13-11-25(12-14-26)27-15-16-28-30-23-42-35(44-30)32-9-7-17-46(32)37(48)31(45-38(49)51-4)24-52-19-5-6-20-53-34(28)21-27/h11-16,21-23,31-33H,5-10,17-20,24H2,1-4H3,(H,41,43)(H,42,44)(H,45,49)/t31-,32-,33-/m0/s1. The smallest absolute Gasteiger partial charge is 0.410 e. The quantitative estimate of drug-likeness (QED) is 0.205. The number of carbonyl (C=O) groups excluding carboxylic acids is 3. The SMILES string of the molecule is COC(=O)N[C@H]1COCCCCOc2cc(-c3ccc(-c4cnc([C@@H]5CCCN5C(=O)OC(C)(C)C)[nH]4)cc3)ccc2-c2cnc([nH]2)[C@@H]2CCCN2C1=O. The van der Waals surface area contributed by atoms with E-state index in [1.165, 1.54) is 7.11 Å². The number of imidazole rings is 2. The van der Waals surface area contributed by atoms with Crippen LogP contribution < -0.4 is 10.1 Å². The first kappa shape index (κ1) is 37.0. The van der Waals surface area contributed by atoms with Gasteiger partial charge in [-0.2, -0.15) is 0 Å². The fourth-order valence-corrected chi connectivity index (χ4v) is 7.35. The monoisotopic (exact) mass is 739 g/mol. The van der Waals surface area contributed by atoms with E-state index in [4.69, 9.17) is 23.9 Å². The highest BCUT2D eigenvalue weighted by Crippen LogP contribution is 2.38. The molecule has 0 aliphatic carbocycles. The minimum absolute atomic E-state index is 0.0428. The van der Waals surface area contributed by atoms with Crippen molar-refractivity contribution in [1.29, 1.82) is 0 Å². The third-order valence-corrected chi connectivity index (χ3v) is 10.0. The van der Waals surface area contributed by atoms with Gasteiger partial charge >= 0.3 is 12.2 Å². The number of aromatic amines is 2. The summed E-state index contributed by atoms with van der Waals surface area (Å²) in [6, 6.07) is 13.2. The van der Waals surface area contributed by atoms with Crippen LogP contribution in [0.3, 0.4) is 0 Å². The van der Waals surface area contributed by atoms with Crippen molar-refractivity contribution < 1.29 is 33.3 Å². The molecule has 14 heteroatoms. The van der Waals surface area contributed by atoms with Gasteiger partial charge in [0.25, 0.3) is 0 Å². The molecule has 286 valence electrons. The van der Waals surface area contributed by atoms with E-state index in [2.05, 4.69) is 56.7 Å². The zero-order valence-corrected chi connectivity index (χ0v) is 31.4. The zero-order chi connectivity index (χ0) is 37.8. The number of rotatable bonds is 4. The molecule has 2 fully saturated rings. The number of hydrogen-bond donors (Lipinski definition) is 3. The minimum atomic E-state index is -0.865. The molecule has 54 heavy (non-hydrogen) atoms. The van der Waals surface area contributed by atoms with Crippen molar-refractivity contribution in [2.45, 2.75) is 83.0 Å². The Hall–Kier alpha value is -5.37. The van der Waals surface area contributed by atoms with Gasteiger partial charge < -0.3 is 39.1 Å². The number of methoxy groups -OCH3 is 1. The molecule has 3 aliphatic rings. The molecule has 0 radical (unpaired) electrons. The number of benzene rings is 2. The van der Waals surface area contributed by atoms with Crippen molar-refractivity contribution in [2.75, 3.05) is 40.0 Å². The highest BCUT2D eigenvalue weighted by Gasteiger charge is 2.37. The highest BCUT2D eigenvalue weighted by molar-refractivity contribution is 5.86. The van der Waals surface area contributed by atoms with Gasteiger partial charge in [-0.3, -0.25) is 9.69 Å². The van der Waals surface area contributed by atoms with Gasteiger partial charge in [0.15, 0.2) is 0 Å². The predicted molar refractivity (Wildman–Crippen MR) is 201 cm³/mol. The first-order chi connectivity index (χ1) is 26.1. The van der Waals surface area contributed by atoms with E-state index in [1.54, 1.807) is 16.0 Å². The lowest BCUT2D eigenvalue weighted by Crippen LogP contribution is -2.50. The lowest BCUT2D eigenvalue weighted by atomic mass is 10.00. The Labute approximate surface area is 314 Å². The maximum atomic E-state index is 13.7. The number of aromatic nitrogens is 4. The minimum Gasteiger partial charge on any atom is -0.493 e. The molecule has 3 N–H and O–H groups in total. The molecule has 3 amide bonds. The van der Waals surface area contributed by atoms with E-state index < -0.39 is 17.7 Å². The summed E-state index contributed by atoms with van der Waals surface area (Å²) < 4.78 is 22.7. The molecule has 3 atom stereocenters. The van der Waals surface area contributed by atoms with Crippen LogP contribution in [-0.4, -0.2) is 99.5 Å². The van der Waals surface area contributed by atoms with Crippen molar-refractivity contribution in [3.05, 3.63) is 66.5 Å². The van der Waals surface area contributed by atoms with E-state index in [0.29, 0.717) is 38.5 Å². The average molecular weight is 740 g/mol. The highest BCUT2D eigenvalue weighted by atomic mass is 16.6. The molecular weight excluding hydrogens is 690 g/mol. The average Bonchev–Trinajstić information content (AvgIpc) is 3.99. The molecule has 0 saturated carbocycles. The number of likely N-dealkylation sites (tertiary alicyclic amines) is 1. The van der Waals surface area contributed by atoms with Crippen LogP contribution in [0.1, 0.15) is 83.0 Å². The summed E-state index contributed by atoms with van der Waals surface area (Å²) in [5.41, 5.74) is 4.99. The predicted octanol–water partition coefficient (Wildman–Crippen LogP) is 6.78. The molecule has 2 aromatic heterocycles. The van der Waals surface area contributed by atoms with Crippen LogP contribution in [0.2, 0.25) is 0 Å². The third kappa shape index (κ3) is 8.23. The number of alkyl carbamates (subject to hydrolysis) is 1. The third-order valence-electron chi connectivity index (χ3n) is 10.0. The van der Waals surface area contributed by atoms with Crippen LogP contribution in [0, 0.1) is 0 Å². The summed E-state index contributed by atoms with van der Waals surface area (Å²) in [6.07, 6.45) is 7.34. The van der Waals surface area contributed by atoms with Crippen LogP contribution in [0.4, 0.5) is 9.59 Å². The van der Waals surface area contributed by atoms with Gasteiger partial charge in [0.2, 0.25) is 5.91 Å². The lowest BCUT2D eigenvalue weighted by molar-refractivity contribution is -0.136. The molecule has 14 nitrogen and oxygen atoms in total. The van der Waals surface area contributed by atoms with Gasteiger partial charge in [-0.25, -0.2) is 19.6 Å². The number of H-pyrrole nitrogens is 2. The summed E-state index contributed by atoms with van der Waals surface area (Å²) in [6.45, 7) is 7.74. The van der Waals surface area contributed by atoms with Crippen molar-refractivity contribution in [2.24, 2.45) is 0 Å². The number of carbonyl (C=O) groups is 3. The Bertz CT molecular complexity index is 1950. The molecule has 7 rings (SSSR count). The molecule has 2 saturated heterocycles. The molecule has 2 bridgehead atoms. The summed E-state index contributed by atoms with van der Waals surface area (Å²) >= 11 is 0. The number of nitrogens with zero attached hydrogens (tertiary/aromatic N) is 4. The van der Waals surface area contributed by atoms with E-state index in [1.807, 2.05) is 33.0 Å². The maximum Gasteiger partial charge on any atom is 0.410 e. The fourth-order valence-electron chi connectivity index (χ4n) is 7.35. The number of nitrogens with one attached hydrogen (secondary N) is 3. The van der Waals surface area contributed by atoms with Gasteiger partial charge in [-0.05, 0) is 88.1 Å². The lowest BCUT2D eigenvalue weighted by Gasteiger charge is -2.28. The van der Waals surface area contributed by atoms with Gasteiger partial charge in [0, 0.05) is 25.3 Å². The fraction of sp³-hybridized carbons (Fsp3) is 0.475. The number of ether oxygens (including phenoxy) is 4. The first-order valence-electron chi connectivity index (χ1n) is 18.8. The largest absolute Gasteiger partial charge is 0.493 e. The molecule has 2 aromatic carbocycles. The van der Waals surface area contributed by atoms with Crippen LogP contribution in [0.5, 0.6) is 5.75 Å². The van der Waals surface area contributed by atoms with Crippen molar-refractivity contribution in [1.82, 2.24) is 35.1 Å². The Morgan fingerprint density at radius 3 is 2.30 bits per heavy atom. The van der Waals surface area contributed by atoms with Gasteiger partial charge in [-0.1, -0.05) is 30.3 Å². The summed E-state index contributed by atoms with van der Waals surface area (Å²) in [4.78, 5) is 58.5. The first-order valence-corrected chi connectivity index (χ1v) is 18.8. The Morgan fingerprint density at radius 1 is 0.852 bits per heavy atom. The summed E-state index contributed by atoms with van der Waals surface area (Å²) in [5.74, 6) is 1.94. The Kier molecular flexibility index (Phi) is 10.9. The zero-order valence-electron chi connectivity index (χ0n) is 31.4. The topological polar surface area (TPSA) is 164 Å². The summed E-state index contributed by atoms with van der Waals surface area (Å²) in [7, 11) is 1.27. The normalized spacial score (nSPS) is 20.9. The molecule has 3 aliphatic heterocycles.